The lowest BCUT2D eigenvalue weighted by Gasteiger charge is -2.08. The van der Waals surface area contributed by atoms with Crippen LogP contribution in [0.4, 0.5) is 0 Å². The lowest BCUT2D eigenvalue weighted by atomic mass is 10.1. The molecule has 3 N–H and O–H groups in total. The van der Waals surface area contributed by atoms with E-state index in [1.165, 1.54) is 0 Å². The van der Waals surface area contributed by atoms with Crippen molar-refractivity contribution in [2.75, 3.05) is 0 Å². The quantitative estimate of drug-likeness (QED) is 0.792. The lowest BCUT2D eigenvalue weighted by Crippen LogP contribution is -2.23. The van der Waals surface area contributed by atoms with Gasteiger partial charge in [0.15, 0.2) is 0 Å². The van der Waals surface area contributed by atoms with Crippen molar-refractivity contribution >= 4 is 50.6 Å². The monoisotopic (exact) mass is 382 g/mol. The van der Waals surface area contributed by atoms with Gasteiger partial charge in [0.2, 0.25) is 0 Å². The number of nitrogens with two attached hydrogens (primary N) is 1. The molecule has 0 heterocycles. The Hall–Kier alpha value is -1.43. The van der Waals surface area contributed by atoms with Crippen molar-refractivity contribution in [1.29, 1.82) is 0 Å². The zero-order valence-corrected chi connectivity index (χ0v) is 14.1. The van der Waals surface area contributed by atoms with E-state index >= 15 is 0 Å². The molecule has 108 valence electrons. The minimum absolute atomic E-state index is 0.195. The van der Waals surface area contributed by atoms with E-state index in [-0.39, 0.29) is 5.91 Å². The Kier molecular flexibility index (Phi) is 5.33. The molecule has 0 bridgehead atoms. The van der Waals surface area contributed by atoms with Crippen molar-refractivity contribution < 1.29 is 4.79 Å². The average molecular weight is 384 g/mol. The number of carbonyl (C=O) groups is 1. The molecule has 0 saturated carbocycles. The average Bonchev–Trinajstić information content (AvgIpc) is 2.44. The lowest BCUT2D eigenvalue weighted by molar-refractivity contribution is 0.0951. The first-order valence-corrected chi connectivity index (χ1v) is 7.66. The highest BCUT2D eigenvalue weighted by Gasteiger charge is 2.08. The van der Waals surface area contributed by atoms with Crippen molar-refractivity contribution in [3.63, 3.8) is 0 Å². The molecular weight excluding hydrogens is 372 g/mol. The summed E-state index contributed by atoms with van der Waals surface area (Å²) in [6.45, 7) is 0.388. The number of halogens is 2. The van der Waals surface area contributed by atoms with E-state index in [4.69, 9.17) is 29.6 Å². The number of carbonyl (C=O) groups excluding carboxylic acids is 1. The molecule has 0 saturated heterocycles. The molecule has 0 fully saturated rings. The topological polar surface area (TPSA) is 55.1 Å². The number of hydrogen-bond donors (Lipinski definition) is 2. The van der Waals surface area contributed by atoms with Gasteiger partial charge in [0.1, 0.15) is 4.99 Å². The number of rotatable bonds is 4. The predicted octanol–water partition coefficient (Wildman–Crippen LogP) is 3.67. The maximum Gasteiger partial charge on any atom is 0.251 e. The minimum atomic E-state index is -0.195. The Morgan fingerprint density at radius 1 is 1.24 bits per heavy atom. The summed E-state index contributed by atoms with van der Waals surface area (Å²) in [5.41, 5.74) is 7.79. The summed E-state index contributed by atoms with van der Waals surface area (Å²) in [6.07, 6.45) is 0. The highest BCUT2D eigenvalue weighted by molar-refractivity contribution is 9.10. The standard InChI is InChI=1S/C15H12BrClN2OS/c16-12-5-11(6-13(17)7-12)15(20)19-8-9-2-1-3-10(4-9)14(18)21/h1-7H,8H2,(H2,18,21)(H,19,20). The minimum Gasteiger partial charge on any atom is -0.389 e. The Labute approximate surface area is 141 Å². The van der Waals surface area contributed by atoms with Gasteiger partial charge in [0, 0.05) is 27.2 Å². The number of benzene rings is 2. The van der Waals surface area contributed by atoms with Crippen LogP contribution in [-0.4, -0.2) is 10.9 Å². The SMILES string of the molecule is NC(=S)c1cccc(CNC(=O)c2cc(Cl)cc(Br)c2)c1. The predicted molar refractivity (Wildman–Crippen MR) is 92.7 cm³/mol. The highest BCUT2D eigenvalue weighted by atomic mass is 79.9. The van der Waals surface area contributed by atoms with Gasteiger partial charge in [-0.15, -0.1) is 0 Å². The smallest absolute Gasteiger partial charge is 0.251 e. The fourth-order valence-corrected chi connectivity index (χ4v) is 2.79. The maximum absolute atomic E-state index is 12.1. The number of nitrogens with one attached hydrogen (secondary N) is 1. The van der Waals surface area contributed by atoms with Gasteiger partial charge in [-0.05, 0) is 29.8 Å². The molecule has 3 nitrogen and oxygen atoms in total. The van der Waals surface area contributed by atoms with E-state index in [1.54, 1.807) is 18.2 Å². The molecule has 2 aromatic rings. The number of thiocarbonyl (C=S) groups is 1. The van der Waals surface area contributed by atoms with E-state index < -0.39 is 0 Å². The molecule has 0 aliphatic rings. The van der Waals surface area contributed by atoms with Crippen LogP contribution in [0.25, 0.3) is 0 Å². The molecule has 2 rings (SSSR count). The van der Waals surface area contributed by atoms with Crippen LogP contribution < -0.4 is 11.1 Å². The summed E-state index contributed by atoms with van der Waals surface area (Å²) in [5, 5.41) is 3.34. The van der Waals surface area contributed by atoms with Gasteiger partial charge < -0.3 is 11.1 Å². The van der Waals surface area contributed by atoms with Crippen LogP contribution in [0.3, 0.4) is 0 Å². The third kappa shape index (κ3) is 4.52. The Balaban J connectivity index is 2.07. The number of hydrogen-bond acceptors (Lipinski definition) is 2. The van der Waals surface area contributed by atoms with Gasteiger partial charge in [0.25, 0.3) is 5.91 Å². The van der Waals surface area contributed by atoms with Crippen LogP contribution in [0.5, 0.6) is 0 Å². The van der Waals surface area contributed by atoms with E-state index in [0.29, 0.717) is 22.1 Å². The molecular formula is C15H12BrClN2OS. The summed E-state index contributed by atoms with van der Waals surface area (Å²) < 4.78 is 0.760. The van der Waals surface area contributed by atoms with Crippen molar-refractivity contribution in [3.05, 3.63) is 68.7 Å². The maximum atomic E-state index is 12.1. The number of amides is 1. The zero-order valence-electron chi connectivity index (χ0n) is 10.9. The largest absolute Gasteiger partial charge is 0.389 e. The fourth-order valence-electron chi connectivity index (χ4n) is 1.80. The molecule has 1 amide bonds. The van der Waals surface area contributed by atoms with Crippen molar-refractivity contribution in [3.8, 4) is 0 Å². The molecule has 0 radical (unpaired) electrons. The van der Waals surface area contributed by atoms with E-state index in [2.05, 4.69) is 21.2 Å². The molecule has 0 aliphatic carbocycles. The van der Waals surface area contributed by atoms with Gasteiger partial charge in [-0.25, -0.2) is 0 Å². The second-order valence-corrected chi connectivity index (χ2v) is 6.20. The molecule has 0 atom stereocenters. The first-order valence-electron chi connectivity index (χ1n) is 6.09. The Bertz CT molecular complexity index is 686. The van der Waals surface area contributed by atoms with Gasteiger partial charge in [0.05, 0.1) is 0 Å². The van der Waals surface area contributed by atoms with Crippen LogP contribution in [0, 0.1) is 0 Å². The third-order valence-electron chi connectivity index (χ3n) is 2.79. The molecule has 2 aromatic carbocycles. The first-order chi connectivity index (χ1) is 9.95. The molecule has 0 aliphatic heterocycles. The van der Waals surface area contributed by atoms with Crippen LogP contribution in [0.2, 0.25) is 5.02 Å². The van der Waals surface area contributed by atoms with E-state index in [1.807, 2.05) is 24.3 Å². The second-order valence-electron chi connectivity index (χ2n) is 4.41. The van der Waals surface area contributed by atoms with Crippen molar-refractivity contribution in [2.45, 2.75) is 6.54 Å². The summed E-state index contributed by atoms with van der Waals surface area (Å²) >= 11 is 14.2. The molecule has 0 aromatic heterocycles. The van der Waals surface area contributed by atoms with E-state index in [9.17, 15) is 4.79 Å². The van der Waals surface area contributed by atoms with Gasteiger partial charge in [-0.2, -0.15) is 0 Å². The fraction of sp³-hybridized carbons (Fsp3) is 0.0667. The van der Waals surface area contributed by atoms with Crippen LogP contribution in [0.15, 0.2) is 46.9 Å². The van der Waals surface area contributed by atoms with Crippen LogP contribution in [-0.2, 0) is 6.54 Å². The van der Waals surface area contributed by atoms with Crippen LogP contribution in [0.1, 0.15) is 21.5 Å². The van der Waals surface area contributed by atoms with Gasteiger partial charge in [-0.3, -0.25) is 4.79 Å². The summed E-state index contributed by atoms with van der Waals surface area (Å²) in [5.74, 6) is -0.195. The second kappa shape index (κ2) is 7.02. The Morgan fingerprint density at radius 2 is 2.00 bits per heavy atom. The summed E-state index contributed by atoms with van der Waals surface area (Å²) in [6, 6.07) is 12.5. The zero-order chi connectivity index (χ0) is 15.4. The molecule has 21 heavy (non-hydrogen) atoms. The van der Waals surface area contributed by atoms with Gasteiger partial charge in [-0.1, -0.05) is 57.9 Å². The molecule has 6 heteroatoms. The Morgan fingerprint density at radius 3 is 2.67 bits per heavy atom. The van der Waals surface area contributed by atoms with Crippen molar-refractivity contribution in [2.24, 2.45) is 5.73 Å². The van der Waals surface area contributed by atoms with Gasteiger partial charge >= 0.3 is 0 Å². The molecule has 0 unspecified atom stereocenters. The van der Waals surface area contributed by atoms with Crippen molar-refractivity contribution in [1.82, 2.24) is 5.32 Å². The normalized spacial score (nSPS) is 10.2. The summed E-state index contributed by atoms with van der Waals surface area (Å²) in [4.78, 5) is 12.4. The van der Waals surface area contributed by atoms with E-state index in [0.717, 1.165) is 15.6 Å². The highest BCUT2D eigenvalue weighted by Crippen LogP contribution is 2.19. The third-order valence-corrected chi connectivity index (χ3v) is 3.70. The van der Waals surface area contributed by atoms with Crippen LogP contribution >= 0.6 is 39.7 Å². The first kappa shape index (κ1) is 15.9. The summed E-state index contributed by atoms with van der Waals surface area (Å²) in [7, 11) is 0. The molecule has 0 spiro atoms.